The topological polar surface area (TPSA) is 0 Å². The summed E-state index contributed by atoms with van der Waals surface area (Å²) >= 11 is 7.26. The summed E-state index contributed by atoms with van der Waals surface area (Å²) in [7, 11) is 0. The quantitative estimate of drug-likeness (QED) is 0.608. The van der Waals surface area contributed by atoms with Crippen molar-refractivity contribution in [1.29, 1.82) is 0 Å². The molecule has 0 atom stereocenters. The third-order valence-electron chi connectivity index (χ3n) is 2.90. The molecule has 96 valence electrons. The van der Waals surface area contributed by atoms with E-state index in [2.05, 4.69) is 45.7 Å². The Morgan fingerprint density at radius 1 is 1.12 bits per heavy atom. The third kappa shape index (κ3) is 4.70. The minimum absolute atomic E-state index is 0.166. The molecule has 1 rings (SSSR count). The fourth-order valence-corrected chi connectivity index (χ4v) is 4.00. The molecule has 1 aromatic carbocycles. The summed E-state index contributed by atoms with van der Waals surface area (Å²) < 4.78 is 12.9. The zero-order chi connectivity index (χ0) is 12.9. The van der Waals surface area contributed by atoms with Crippen molar-refractivity contribution < 1.29 is 4.39 Å². The first kappa shape index (κ1) is 15.2. The number of benzene rings is 1. The zero-order valence-corrected chi connectivity index (χ0v) is 13.5. The normalized spacial score (nSPS) is 12.1. The lowest BCUT2D eigenvalue weighted by Gasteiger charge is -2.32. The van der Waals surface area contributed by atoms with Crippen molar-refractivity contribution in [3.05, 3.63) is 35.6 Å². The standard InChI is InChI=1S/C14H19Br2F/c1-11(2)7-14(9-15,10-16)8-12-3-5-13(17)6-4-12/h3-6,11H,7-10H2,1-2H3. The van der Waals surface area contributed by atoms with Gasteiger partial charge in [-0.2, -0.15) is 0 Å². The van der Waals surface area contributed by atoms with Gasteiger partial charge < -0.3 is 0 Å². The first-order valence-corrected chi connectivity index (χ1v) is 8.12. The molecular weight excluding hydrogens is 347 g/mol. The van der Waals surface area contributed by atoms with Crippen LogP contribution in [0.3, 0.4) is 0 Å². The van der Waals surface area contributed by atoms with Gasteiger partial charge in [-0.1, -0.05) is 57.8 Å². The van der Waals surface area contributed by atoms with Gasteiger partial charge in [-0.3, -0.25) is 0 Å². The van der Waals surface area contributed by atoms with Crippen molar-refractivity contribution in [2.24, 2.45) is 11.3 Å². The van der Waals surface area contributed by atoms with E-state index in [4.69, 9.17) is 0 Å². The van der Waals surface area contributed by atoms with Crippen molar-refractivity contribution in [3.63, 3.8) is 0 Å². The number of hydrogen-bond donors (Lipinski definition) is 0. The molecule has 0 N–H and O–H groups in total. The number of alkyl halides is 2. The average molecular weight is 366 g/mol. The smallest absolute Gasteiger partial charge is 0.123 e. The molecule has 3 heteroatoms. The van der Waals surface area contributed by atoms with Gasteiger partial charge in [-0.25, -0.2) is 4.39 Å². The summed E-state index contributed by atoms with van der Waals surface area (Å²) in [5, 5.41) is 1.92. The van der Waals surface area contributed by atoms with Crippen molar-refractivity contribution in [1.82, 2.24) is 0 Å². The molecule has 0 nitrogen and oxygen atoms in total. The van der Waals surface area contributed by atoms with Gasteiger partial charge in [0.05, 0.1) is 0 Å². The third-order valence-corrected chi connectivity index (χ3v) is 5.28. The second-order valence-electron chi connectivity index (χ2n) is 5.17. The summed E-state index contributed by atoms with van der Waals surface area (Å²) in [5.74, 6) is 0.492. The van der Waals surface area contributed by atoms with E-state index in [1.807, 2.05) is 12.1 Å². The Morgan fingerprint density at radius 2 is 1.65 bits per heavy atom. The summed E-state index contributed by atoms with van der Waals surface area (Å²) in [6, 6.07) is 6.85. The van der Waals surface area contributed by atoms with Crippen LogP contribution in [0.2, 0.25) is 0 Å². The van der Waals surface area contributed by atoms with Gasteiger partial charge in [-0.05, 0) is 41.9 Å². The maximum absolute atomic E-state index is 12.9. The Morgan fingerprint density at radius 3 is 2.06 bits per heavy atom. The van der Waals surface area contributed by atoms with Crippen LogP contribution in [0.15, 0.2) is 24.3 Å². The average Bonchev–Trinajstić information content (AvgIpc) is 2.30. The lowest BCUT2D eigenvalue weighted by atomic mass is 9.79. The van der Waals surface area contributed by atoms with E-state index >= 15 is 0 Å². The molecule has 0 aliphatic heterocycles. The summed E-state index contributed by atoms with van der Waals surface area (Å²) in [6.45, 7) is 4.48. The van der Waals surface area contributed by atoms with Crippen molar-refractivity contribution in [2.45, 2.75) is 26.7 Å². The summed E-state index contributed by atoms with van der Waals surface area (Å²) in [6.07, 6.45) is 2.13. The van der Waals surface area contributed by atoms with Gasteiger partial charge >= 0.3 is 0 Å². The van der Waals surface area contributed by atoms with Crippen molar-refractivity contribution >= 4 is 31.9 Å². The molecular formula is C14H19Br2F. The van der Waals surface area contributed by atoms with Crippen molar-refractivity contribution in [3.8, 4) is 0 Å². The number of hydrogen-bond acceptors (Lipinski definition) is 0. The number of rotatable bonds is 6. The largest absolute Gasteiger partial charge is 0.207 e. The maximum Gasteiger partial charge on any atom is 0.123 e. The van der Waals surface area contributed by atoms with E-state index in [1.54, 1.807) is 0 Å². The fraction of sp³-hybridized carbons (Fsp3) is 0.571. The highest BCUT2D eigenvalue weighted by Crippen LogP contribution is 2.34. The van der Waals surface area contributed by atoms with Gasteiger partial charge in [0.25, 0.3) is 0 Å². The van der Waals surface area contributed by atoms with Crippen LogP contribution in [0.5, 0.6) is 0 Å². The van der Waals surface area contributed by atoms with Gasteiger partial charge in [0.2, 0.25) is 0 Å². The van der Waals surface area contributed by atoms with Crippen LogP contribution >= 0.6 is 31.9 Å². The molecule has 0 heterocycles. The van der Waals surface area contributed by atoms with Crippen LogP contribution in [0, 0.1) is 17.2 Å². The van der Waals surface area contributed by atoms with Gasteiger partial charge in [-0.15, -0.1) is 0 Å². The van der Waals surface area contributed by atoms with Gasteiger partial charge in [0.1, 0.15) is 5.82 Å². The van der Waals surface area contributed by atoms with Gasteiger partial charge in [0.15, 0.2) is 0 Å². The molecule has 0 saturated carbocycles. The molecule has 0 unspecified atom stereocenters. The Bertz CT molecular complexity index is 329. The van der Waals surface area contributed by atoms with E-state index in [-0.39, 0.29) is 11.2 Å². The Kier molecular flexibility index (Phi) is 6.14. The molecule has 0 amide bonds. The van der Waals surface area contributed by atoms with E-state index < -0.39 is 0 Å². The van der Waals surface area contributed by atoms with Crippen LogP contribution in [-0.4, -0.2) is 10.7 Å². The predicted molar refractivity (Wildman–Crippen MR) is 79.6 cm³/mol. The molecule has 0 aromatic heterocycles. The zero-order valence-electron chi connectivity index (χ0n) is 10.3. The molecule has 0 spiro atoms. The summed E-state index contributed by atoms with van der Waals surface area (Å²) in [4.78, 5) is 0. The van der Waals surface area contributed by atoms with E-state index in [9.17, 15) is 4.39 Å². The molecule has 1 aromatic rings. The highest BCUT2D eigenvalue weighted by molar-refractivity contribution is 9.09. The van der Waals surface area contributed by atoms with Crippen LogP contribution in [0.25, 0.3) is 0 Å². The van der Waals surface area contributed by atoms with Gasteiger partial charge in [0, 0.05) is 10.7 Å². The maximum atomic E-state index is 12.9. The highest BCUT2D eigenvalue weighted by atomic mass is 79.9. The highest BCUT2D eigenvalue weighted by Gasteiger charge is 2.29. The first-order valence-electron chi connectivity index (χ1n) is 5.88. The van der Waals surface area contributed by atoms with Crippen LogP contribution in [-0.2, 0) is 6.42 Å². The SMILES string of the molecule is CC(C)CC(CBr)(CBr)Cc1ccc(F)cc1. The lowest BCUT2D eigenvalue weighted by Crippen LogP contribution is -2.29. The first-order chi connectivity index (χ1) is 8.01. The lowest BCUT2D eigenvalue weighted by molar-refractivity contribution is 0.304. The van der Waals surface area contributed by atoms with E-state index in [0.29, 0.717) is 5.92 Å². The minimum atomic E-state index is -0.166. The second kappa shape index (κ2) is 6.89. The number of halogens is 3. The van der Waals surface area contributed by atoms with Crippen molar-refractivity contribution in [2.75, 3.05) is 10.7 Å². The fourth-order valence-electron chi connectivity index (χ4n) is 2.21. The Balaban J connectivity index is 2.82. The van der Waals surface area contributed by atoms with E-state index in [0.717, 1.165) is 23.5 Å². The second-order valence-corrected chi connectivity index (χ2v) is 6.29. The molecule has 0 aliphatic carbocycles. The summed E-state index contributed by atoms with van der Waals surface area (Å²) in [5.41, 5.74) is 1.41. The molecule has 0 aliphatic rings. The van der Waals surface area contributed by atoms with Crippen LogP contribution < -0.4 is 0 Å². The molecule has 0 fully saturated rings. The predicted octanol–water partition coefficient (Wildman–Crippen LogP) is 5.19. The molecule has 17 heavy (non-hydrogen) atoms. The molecule has 0 saturated heterocycles. The Hall–Kier alpha value is 0.110. The van der Waals surface area contributed by atoms with Crippen LogP contribution in [0.1, 0.15) is 25.8 Å². The minimum Gasteiger partial charge on any atom is -0.207 e. The molecule has 0 radical (unpaired) electrons. The monoisotopic (exact) mass is 364 g/mol. The van der Waals surface area contributed by atoms with Crippen LogP contribution in [0.4, 0.5) is 4.39 Å². The Labute approximate surface area is 120 Å². The van der Waals surface area contributed by atoms with E-state index in [1.165, 1.54) is 17.7 Å². The molecule has 0 bridgehead atoms.